The quantitative estimate of drug-likeness (QED) is 0.849. The third kappa shape index (κ3) is 4.70. The lowest BCUT2D eigenvalue weighted by atomic mass is 10.1. The SMILES string of the molecule is CC(=O)N1CCN(c2ccc(OCC(=O)Nc3ccc4c(c3)CCC4)cc2)CC1. The van der Waals surface area contributed by atoms with Crippen LogP contribution in [0.2, 0.25) is 0 Å². The molecule has 2 amide bonds. The number of aryl methyl sites for hydroxylation is 2. The number of piperazine rings is 1. The first-order chi connectivity index (χ1) is 14.1. The summed E-state index contributed by atoms with van der Waals surface area (Å²) in [5.41, 5.74) is 4.66. The molecule has 1 aliphatic carbocycles. The summed E-state index contributed by atoms with van der Waals surface area (Å²) in [5, 5.41) is 2.91. The van der Waals surface area contributed by atoms with E-state index in [1.165, 1.54) is 17.5 Å². The van der Waals surface area contributed by atoms with Crippen LogP contribution < -0.4 is 15.0 Å². The van der Waals surface area contributed by atoms with Gasteiger partial charge in [-0.3, -0.25) is 9.59 Å². The number of rotatable bonds is 5. The van der Waals surface area contributed by atoms with Crippen molar-refractivity contribution in [3.63, 3.8) is 0 Å². The highest BCUT2D eigenvalue weighted by Crippen LogP contribution is 2.25. The van der Waals surface area contributed by atoms with Gasteiger partial charge in [0.05, 0.1) is 0 Å². The third-order valence-corrected chi connectivity index (χ3v) is 5.68. The van der Waals surface area contributed by atoms with Gasteiger partial charge in [-0.25, -0.2) is 0 Å². The zero-order chi connectivity index (χ0) is 20.2. The number of carbonyl (C=O) groups is 2. The molecule has 0 unspecified atom stereocenters. The van der Waals surface area contributed by atoms with Gasteiger partial charge in [0.2, 0.25) is 5.91 Å². The fourth-order valence-electron chi connectivity index (χ4n) is 4.03. The second-order valence-electron chi connectivity index (χ2n) is 7.66. The summed E-state index contributed by atoms with van der Waals surface area (Å²) < 4.78 is 5.64. The highest BCUT2D eigenvalue weighted by Gasteiger charge is 2.18. The summed E-state index contributed by atoms with van der Waals surface area (Å²) in [4.78, 5) is 27.8. The highest BCUT2D eigenvalue weighted by molar-refractivity contribution is 5.92. The van der Waals surface area contributed by atoms with Crippen molar-refractivity contribution >= 4 is 23.2 Å². The molecule has 1 fully saturated rings. The van der Waals surface area contributed by atoms with Gasteiger partial charge in [0, 0.05) is 44.5 Å². The van der Waals surface area contributed by atoms with Crippen molar-refractivity contribution in [2.45, 2.75) is 26.2 Å². The molecule has 29 heavy (non-hydrogen) atoms. The van der Waals surface area contributed by atoms with Gasteiger partial charge in [-0.15, -0.1) is 0 Å². The van der Waals surface area contributed by atoms with Gasteiger partial charge in [0.1, 0.15) is 5.75 Å². The van der Waals surface area contributed by atoms with Crippen molar-refractivity contribution in [2.24, 2.45) is 0 Å². The number of hydrogen-bond donors (Lipinski definition) is 1. The predicted octanol–water partition coefficient (Wildman–Crippen LogP) is 2.86. The average Bonchev–Trinajstić information content (AvgIpc) is 3.20. The molecule has 152 valence electrons. The Morgan fingerprint density at radius 1 is 0.966 bits per heavy atom. The molecule has 0 saturated carbocycles. The predicted molar refractivity (Wildman–Crippen MR) is 114 cm³/mol. The van der Waals surface area contributed by atoms with Gasteiger partial charge in [0.15, 0.2) is 6.61 Å². The van der Waals surface area contributed by atoms with Crippen molar-refractivity contribution in [2.75, 3.05) is 43.0 Å². The van der Waals surface area contributed by atoms with Crippen molar-refractivity contribution in [1.29, 1.82) is 0 Å². The van der Waals surface area contributed by atoms with E-state index in [0.29, 0.717) is 5.75 Å². The van der Waals surface area contributed by atoms with Crippen LogP contribution in [0.1, 0.15) is 24.5 Å². The van der Waals surface area contributed by atoms with E-state index in [4.69, 9.17) is 4.74 Å². The molecule has 0 aromatic heterocycles. The molecule has 1 saturated heterocycles. The molecule has 6 heteroatoms. The maximum absolute atomic E-state index is 12.2. The second-order valence-corrected chi connectivity index (χ2v) is 7.66. The Balaban J connectivity index is 1.26. The van der Waals surface area contributed by atoms with Crippen molar-refractivity contribution in [3.8, 4) is 5.75 Å². The van der Waals surface area contributed by atoms with Crippen molar-refractivity contribution < 1.29 is 14.3 Å². The Hall–Kier alpha value is -3.02. The van der Waals surface area contributed by atoms with Crippen LogP contribution in [0.3, 0.4) is 0 Å². The Morgan fingerprint density at radius 2 is 1.69 bits per heavy atom. The number of hydrogen-bond acceptors (Lipinski definition) is 4. The van der Waals surface area contributed by atoms with Crippen LogP contribution in [0.5, 0.6) is 5.75 Å². The number of benzene rings is 2. The summed E-state index contributed by atoms with van der Waals surface area (Å²) in [6.07, 6.45) is 3.42. The lowest BCUT2D eigenvalue weighted by molar-refractivity contribution is -0.129. The number of nitrogens with zero attached hydrogens (tertiary/aromatic N) is 2. The van der Waals surface area contributed by atoms with E-state index in [0.717, 1.165) is 50.4 Å². The van der Waals surface area contributed by atoms with Gasteiger partial charge >= 0.3 is 0 Å². The maximum atomic E-state index is 12.2. The summed E-state index contributed by atoms with van der Waals surface area (Å²) in [6, 6.07) is 13.9. The molecule has 1 aliphatic heterocycles. The number of anilines is 2. The number of ether oxygens (including phenoxy) is 1. The molecular formula is C23H27N3O3. The second kappa shape index (κ2) is 8.55. The number of amides is 2. The molecule has 1 heterocycles. The Kier molecular flexibility index (Phi) is 5.69. The van der Waals surface area contributed by atoms with Gasteiger partial charge in [-0.1, -0.05) is 6.07 Å². The first-order valence-corrected chi connectivity index (χ1v) is 10.2. The monoisotopic (exact) mass is 393 g/mol. The largest absolute Gasteiger partial charge is 0.484 e. The van der Waals surface area contributed by atoms with Gasteiger partial charge in [-0.2, -0.15) is 0 Å². The molecule has 2 aromatic rings. The van der Waals surface area contributed by atoms with Gasteiger partial charge in [0.25, 0.3) is 5.91 Å². The molecule has 4 rings (SSSR count). The summed E-state index contributed by atoms with van der Waals surface area (Å²) in [7, 11) is 0. The fourth-order valence-corrected chi connectivity index (χ4v) is 4.03. The van der Waals surface area contributed by atoms with E-state index in [1.807, 2.05) is 35.2 Å². The van der Waals surface area contributed by atoms with Crippen LogP contribution in [0, 0.1) is 0 Å². The first-order valence-electron chi connectivity index (χ1n) is 10.2. The average molecular weight is 393 g/mol. The Morgan fingerprint density at radius 3 is 2.41 bits per heavy atom. The van der Waals surface area contributed by atoms with Crippen molar-refractivity contribution in [1.82, 2.24) is 4.90 Å². The lowest BCUT2D eigenvalue weighted by Crippen LogP contribution is -2.48. The molecule has 1 N–H and O–H groups in total. The topological polar surface area (TPSA) is 61.9 Å². The number of nitrogens with one attached hydrogen (secondary N) is 1. The molecule has 0 bridgehead atoms. The zero-order valence-electron chi connectivity index (χ0n) is 16.8. The molecule has 0 spiro atoms. The molecule has 2 aliphatic rings. The Bertz CT molecular complexity index is 887. The fraction of sp³-hybridized carbons (Fsp3) is 0.391. The van der Waals surface area contributed by atoms with E-state index in [1.54, 1.807) is 6.92 Å². The smallest absolute Gasteiger partial charge is 0.262 e. The van der Waals surface area contributed by atoms with E-state index >= 15 is 0 Å². The minimum absolute atomic E-state index is 0.0201. The molecule has 0 atom stereocenters. The third-order valence-electron chi connectivity index (χ3n) is 5.68. The van der Waals surface area contributed by atoms with E-state index in [-0.39, 0.29) is 18.4 Å². The minimum Gasteiger partial charge on any atom is -0.484 e. The Labute approximate surface area is 171 Å². The summed E-state index contributed by atoms with van der Waals surface area (Å²) >= 11 is 0. The van der Waals surface area contributed by atoms with Crippen LogP contribution in [-0.4, -0.2) is 49.5 Å². The number of fused-ring (bicyclic) bond motifs is 1. The van der Waals surface area contributed by atoms with Crippen LogP contribution in [-0.2, 0) is 22.4 Å². The lowest BCUT2D eigenvalue weighted by Gasteiger charge is -2.35. The standard InChI is InChI=1S/C23H27N3O3/c1-17(27)25-11-13-26(14-12-25)21-7-9-22(10-8-21)29-16-23(28)24-20-6-5-18-3-2-4-19(18)15-20/h5-10,15H,2-4,11-14,16H2,1H3,(H,24,28). The molecular weight excluding hydrogens is 366 g/mol. The van der Waals surface area contributed by atoms with Gasteiger partial charge in [-0.05, 0) is 66.8 Å². The molecule has 6 nitrogen and oxygen atoms in total. The van der Waals surface area contributed by atoms with E-state index < -0.39 is 0 Å². The zero-order valence-corrected chi connectivity index (χ0v) is 16.8. The highest BCUT2D eigenvalue weighted by atomic mass is 16.5. The van der Waals surface area contributed by atoms with E-state index in [9.17, 15) is 9.59 Å². The first kappa shape index (κ1) is 19.3. The minimum atomic E-state index is -0.160. The summed E-state index contributed by atoms with van der Waals surface area (Å²) in [5.74, 6) is 0.638. The number of carbonyl (C=O) groups excluding carboxylic acids is 2. The van der Waals surface area contributed by atoms with Crippen LogP contribution >= 0.6 is 0 Å². The normalized spacial score (nSPS) is 15.8. The van der Waals surface area contributed by atoms with Gasteiger partial charge < -0.3 is 19.9 Å². The van der Waals surface area contributed by atoms with E-state index in [2.05, 4.69) is 22.3 Å². The van der Waals surface area contributed by atoms with Crippen LogP contribution in [0.15, 0.2) is 42.5 Å². The molecule has 2 aromatic carbocycles. The maximum Gasteiger partial charge on any atom is 0.262 e. The summed E-state index contributed by atoms with van der Waals surface area (Å²) in [6.45, 7) is 4.73. The van der Waals surface area contributed by atoms with Crippen molar-refractivity contribution in [3.05, 3.63) is 53.6 Å². The van der Waals surface area contributed by atoms with Crippen LogP contribution in [0.25, 0.3) is 0 Å². The molecule has 0 radical (unpaired) electrons. The van der Waals surface area contributed by atoms with Crippen LogP contribution in [0.4, 0.5) is 11.4 Å².